The molecule has 0 unspecified atom stereocenters. The lowest BCUT2D eigenvalue weighted by atomic mass is 9.90. The molecule has 1 aliphatic carbocycles. The molecule has 3 fully saturated rings. The smallest absolute Gasteiger partial charge is 0.231 e. The van der Waals surface area contributed by atoms with Crippen LogP contribution >= 0.6 is 15.9 Å². The van der Waals surface area contributed by atoms with Gasteiger partial charge in [0.05, 0.1) is 36.5 Å². The van der Waals surface area contributed by atoms with Crippen LogP contribution in [0, 0.1) is 0 Å². The van der Waals surface area contributed by atoms with Gasteiger partial charge in [-0.3, -0.25) is 14.7 Å². The number of aromatic amines is 1. The van der Waals surface area contributed by atoms with E-state index >= 15 is 0 Å². The number of H-pyrrole nitrogens is 1. The van der Waals surface area contributed by atoms with E-state index < -0.39 is 0 Å². The first kappa shape index (κ1) is 23.1. The minimum atomic E-state index is 0.371. The number of nitrogens with one attached hydrogen (secondary N) is 3. The molecule has 12 heteroatoms. The van der Waals surface area contributed by atoms with Gasteiger partial charge in [0, 0.05) is 44.6 Å². The van der Waals surface area contributed by atoms with E-state index in [1.807, 2.05) is 17.1 Å². The number of morpholine rings is 1. The standard InChI is InChI=1S/C23H32BrN9O2/c24-20-19-21(26-15-1-3-17(4-2-15)32-7-11-35-12-8-32)28-23(29-22(19)31-30-20)27-16-13-25-33(14-16)18-5-9-34-10-6-18/h13-15,17-18H,1-12H2,(H3,26,27,28,29,30,31)/t15-,17-. The fourth-order valence-electron chi connectivity index (χ4n) is 5.46. The minimum Gasteiger partial charge on any atom is -0.381 e. The summed E-state index contributed by atoms with van der Waals surface area (Å²) in [4.78, 5) is 12.1. The first-order chi connectivity index (χ1) is 17.2. The summed E-state index contributed by atoms with van der Waals surface area (Å²) < 4.78 is 13.7. The Morgan fingerprint density at radius 2 is 1.71 bits per heavy atom. The van der Waals surface area contributed by atoms with Crippen molar-refractivity contribution < 1.29 is 9.47 Å². The molecular formula is C23H32BrN9O2. The van der Waals surface area contributed by atoms with Crippen molar-refractivity contribution in [2.75, 3.05) is 50.2 Å². The lowest BCUT2D eigenvalue weighted by Crippen LogP contribution is -2.46. The molecule has 0 bridgehead atoms. The van der Waals surface area contributed by atoms with Crippen LogP contribution in [0.25, 0.3) is 11.0 Å². The quantitative estimate of drug-likeness (QED) is 0.427. The molecule has 3 aliphatic rings. The second-order valence-electron chi connectivity index (χ2n) is 9.61. The Balaban J connectivity index is 1.15. The third kappa shape index (κ3) is 5.16. The summed E-state index contributed by atoms with van der Waals surface area (Å²) in [5, 5.41) is 19.8. The number of halogens is 1. The Morgan fingerprint density at radius 3 is 2.51 bits per heavy atom. The summed E-state index contributed by atoms with van der Waals surface area (Å²) in [6, 6.07) is 1.40. The molecule has 2 aliphatic heterocycles. The highest BCUT2D eigenvalue weighted by molar-refractivity contribution is 9.10. The molecule has 0 atom stereocenters. The average molecular weight is 546 g/mol. The lowest BCUT2D eigenvalue weighted by molar-refractivity contribution is 0.00791. The molecule has 0 aromatic carbocycles. The number of fused-ring (bicyclic) bond motifs is 1. The van der Waals surface area contributed by atoms with Crippen molar-refractivity contribution >= 4 is 44.4 Å². The molecular weight excluding hydrogens is 514 g/mol. The number of hydrogen-bond donors (Lipinski definition) is 3. The van der Waals surface area contributed by atoms with E-state index in [4.69, 9.17) is 14.5 Å². The molecule has 35 heavy (non-hydrogen) atoms. The highest BCUT2D eigenvalue weighted by Crippen LogP contribution is 2.32. The van der Waals surface area contributed by atoms with Gasteiger partial charge in [0.25, 0.3) is 0 Å². The fraction of sp³-hybridized carbons (Fsp3) is 0.652. The van der Waals surface area contributed by atoms with Gasteiger partial charge in [-0.2, -0.15) is 20.2 Å². The molecule has 3 aromatic rings. The number of ether oxygens (including phenoxy) is 2. The monoisotopic (exact) mass is 545 g/mol. The van der Waals surface area contributed by atoms with Crippen molar-refractivity contribution in [1.82, 2.24) is 34.8 Å². The summed E-state index contributed by atoms with van der Waals surface area (Å²) >= 11 is 3.56. The van der Waals surface area contributed by atoms with Gasteiger partial charge in [-0.1, -0.05) is 0 Å². The van der Waals surface area contributed by atoms with Crippen LogP contribution in [0.5, 0.6) is 0 Å². The van der Waals surface area contributed by atoms with Crippen LogP contribution in [0.1, 0.15) is 44.6 Å². The van der Waals surface area contributed by atoms with Gasteiger partial charge in [0.15, 0.2) is 5.65 Å². The van der Waals surface area contributed by atoms with E-state index in [2.05, 4.69) is 51.7 Å². The zero-order valence-corrected chi connectivity index (χ0v) is 21.3. The first-order valence-electron chi connectivity index (χ1n) is 12.6. The molecule has 1 saturated carbocycles. The average Bonchev–Trinajstić information content (AvgIpc) is 3.52. The Hall–Kier alpha value is -2.28. The summed E-state index contributed by atoms with van der Waals surface area (Å²) in [5.41, 5.74) is 1.56. The highest BCUT2D eigenvalue weighted by Gasteiger charge is 2.28. The van der Waals surface area contributed by atoms with E-state index in [-0.39, 0.29) is 0 Å². The van der Waals surface area contributed by atoms with E-state index in [1.165, 1.54) is 12.8 Å². The van der Waals surface area contributed by atoms with Crippen LogP contribution < -0.4 is 10.6 Å². The SMILES string of the molecule is Brc1n[nH]c2nc(Nc3cnn(C4CCOCC4)c3)nc(N[C@H]3CC[C@H](N4CCOCC4)CC3)c12. The Kier molecular flexibility index (Phi) is 6.86. The fourth-order valence-corrected chi connectivity index (χ4v) is 5.92. The number of hydrogen-bond acceptors (Lipinski definition) is 9. The first-order valence-corrected chi connectivity index (χ1v) is 13.4. The molecule has 188 valence electrons. The van der Waals surface area contributed by atoms with Gasteiger partial charge < -0.3 is 20.1 Å². The maximum absolute atomic E-state index is 5.52. The normalized spacial score (nSPS) is 24.6. The van der Waals surface area contributed by atoms with Crippen LogP contribution in [-0.4, -0.2) is 86.4 Å². The van der Waals surface area contributed by atoms with Crippen molar-refractivity contribution in [1.29, 1.82) is 0 Å². The zero-order chi connectivity index (χ0) is 23.6. The van der Waals surface area contributed by atoms with Crippen LogP contribution in [0.4, 0.5) is 17.5 Å². The van der Waals surface area contributed by atoms with Crippen LogP contribution in [0.15, 0.2) is 17.0 Å². The largest absolute Gasteiger partial charge is 0.381 e. The van der Waals surface area contributed by atoms with Crippen molar-refractivity contribution in [3.8, 4) is 0 Å². The Bertz CT molecular complexity index is 1130. The van der Waals surface area contributed by atoms with Crippen molar-refractivity contribution in [2.45, 2.75) is 56.7 Å². The summed E-state index contributed by atoms with van der Waals surface area (Å²) in [7, 11) is 0. The number of rotatable bonds is 6. The van der Waals surface area contributed by atoms with Gasteiger partial charge in [-0.15, -0.1) is 0 Å². The maximum Gasteiger partial charge on any atom is 0.231 e. The van der Waals surface area contributed by atoms with E-state index in [0.29, 0.717) is 29.7 Å². The van der Waals surface area contributed by atoms with Gasteiger partial charge in [0.1, 0.15) is 10.4 Å². The predicted molar refractivity (Wildman–Crippen MR) is 136 cm³/mol. The van der Waals surface area contributed by atoms with E-state index in [0.717, 1.165) is 86.7 Å². The molecule has 5 heterocycles. The van der Waals surface area contributed by atoms with Crippen LogP contribution in [0.2, 0.25) is 0 Å². The van der Waals surface area contributed by atoms with Crippen LogP contribution in [-0.2, 0) is 9.47 Å². The number of nitrogens with zero attached hydrogens (tertiary/aromatic N) is 6. The summed E-state index contributed by atoms with van der Waals surface area (Å²) in [6.07, 6.45) is 10.4. The van der Waals surface area contributed by atoms with Gasteiger partial charge in [-0.25, -0.2) is 0 Å². The third-order valence-electron chi connectivity index (χ3n) is 7.40. The molecule has 0 radical (unpaired) electrons. The predicted octanol–water partition coefficient (Wildman–Crippen LogP) is 3.46. The molecule has 6 rings (SSSR count). The number of anilines is 3. The van der Waals surface area contributed by atoms with Gasteiger partial charge in [0.2, 0.25) is 5.95 Å². The highest BCUT2D eigenvalue weighted by atomic mass is 79.9. The molecule has 11 nitrogen and oxygen atoms in total. The number of aromatic nitrogens is 6. The second kappa shape index (κ2) is 10.4. The summed E-state index contributed by atoms with van der Waals surface area (Å²) in [6.45, 7) is 5.38. The molecule has 3 N–H and O–H groups in total. The molecule has 3 aromatic heterocycles. The van der Waals surface area contributed by atoms with Crippen molar-refractivity contribution in [3.63, 3.8) is 0 Å². The van der Waals surface area contributed by atoms with Gasteiger partial charge >= 0.3 is 0 Å². The summed E-state index contributed by atoms with van der Waals surface area (Å²) in [5.74, 6) is 1.31. The topological polar surface area (TPSA) is 118 Å². The molecule has 0 amide bonds. The Labute approximate surface area is 212 Å². The van der Waals surface area contributed by atoms with Crippen molar-refractivity contribution in [2.24, 2.45) is 0 Å². The third-order valence-corrected chi connectivity index (χ3v) is 7.97. The minimum absolute atomic E-state index is 0.371. The maximum atomic E-state index is 5.52. The lowest BCUT2D eigenvalue weighted by Gasteiger charge is -2.39. The second-order valence-corrected chi connectivity index (χ2v) is 10.4. The van der Waals surface area contributed by atoms with Gasteiger partial charge in [-0.05, 0) is 54.5 Å². The molecule has 0 spiro atoms. The molecule has 2 saturated heterocycles. The van der Waals surface area contributed by atoms with Crippen LogP contribution in [0.3, 0.4) is 0 Å². The zero-order valence-electron chi connectivity index (χ0n) is 19.7. The van der Waals surface area contributed by atoms with E-state index in [1.54, 1.807) is 0 Å². The Morgan fingerprint density at radius 1 is 0.943 bits per heavy atom. The van der Waals surface area contributed by atoms with E-state index in [9.17, 15) is 0 Å². The van der Waals surface area contributed by atoms with Crippen molar-refractivity contribution in [3.05, 3.63) is 17.0 Å².